The van der Waals surface area contributed by atoms with Gasteiger partial charge < -0.3 is 19.9 Å². The van der Waals surface area contributed by atoms with Crippen molar-refractivity contribution in [2.75, 3.05) is 19.8 Å². The van der Waals surface area contributed by atoms with Crippen molar-refractivity contribution in [3.8, 4) is 5.75 Å². The first-order valence-corrected chi connectivity index (χ1v) is 16.1. The summed E-state index contributed by atoms with van der Waals surface area (Å²) in [6, 6.07) is 32.4. The Balaban J connectivity index is 1.50. The number of aryl methyl sites for hydroxylation is 1. The molecule has 0 saturated carbocycles. The number of aliphatic hydroxyl groups is 1. The number of ether oxygens (including phenoxy) is 2. The maximum atomic E-state index is 14.5. The number of hydrogen-bond acceptors (Lipinski definition) is 6. The molecule has 0 spiro atoms. The summed E-state index contributed by atoms with van der Waals surface area (Å²) in [5, 5.41) is 16.2. The Morgan fingerprint density at radius 3 is 2.48 bits per heavy atom. The largest absolute Gasteiger partial charge is 0.494 e. The minimum absolute atomic E-state index is 0.0517. The van der Waals surface area contributed by atoms with Gasteiger partial charge >= 0.3 is 0 Å². The van der Waals surface area contributed by atoms with Crippen molar-refractivity contribution in [1.82, 2.24) is 5.32 Å². The first-order valence-electron chi connectivity index (χ1n) is 15.3. The van der Waals surface area contributed by atoms with Gasteiger partial charge in [-0.3, -0.25) is 4.79 Å². The number of benzene rings is 4. The summed E-state index contributed by atoms with van der Waals surface area (Å²) in [5.41, 5.74) is 11.7. The van der Waals surface area contributed by atoms with Crippen molar-refractivity contribution >= 4 is 33.4 Å². The van der Waals surface area contributed by atoms with E-state index in [4.69, 9.17) is 19.6 Å². The predicted octanol–water partition coefficient (Wildman–Crippen LogP) is 7.79. The van der Waals surface area contributed by atoms with E-state index in [2.05, 4.69) is 43.4 Å². The Labute approximate surface area is 277 Å². The summed E-state index contributed by atoms with van der Waals surface area (Å²) >= 11 is 3.66. The molecule has 10 heteroatoms. The van der Waals surface area contributed by atoms with Crippen molar-refractivity contribution in [3.63, 3.8) is 0 Å². The lowest BCUT2D eigenvalue weighted by Gasteiger charge is -2.31. The van der Waals surface area contributed by atoms with Crippen molar-refractivity contribution in [2.45, 2.75) is 43.7 Å². The molecular weight excluding hydrogens is 646 g/mol. The molecule has 0 fully saturated rings. The molecule has 9 nitrogen and oxygen atoms in total. The highest BCUT2D eigenvalue weighted by Crippen LogP contribution is 2.46. The van der Waals surface area contributed by atoms with Crippen LogP contribution in [0.25, 0.3) is 10.4 Å². The predicted molar refractivity (Wildman–Crippen MR) is 182 cm³/mol. The zero-order chi connectivity index (χ0) is 32.2. The molecule has 0 radical (unpaired) electrons. The Morgan fingerprint density at radius 1 is 0.978 bits per heavy atom. The first-order chi connectivity index (χ1) is 22.5. The molecule has 4 aromatic carbocycles. The van der Waals surface area contributed by atoms with Gasteiger partial charge in [-0.1, -0.05) is 93.8 Å². The zero-order valence-corrected chi connectivity index (χ0v) is 27.0. The number of nitrogens with zero attached hydrogens (tertiary/aromatic N) is 4. The molecule has 2 N–H and O–H groups in total. The van der Waals surface area contributed by atoms with E-state index in [1.807, 2.05) is 78.9 Å². The van der Waals surface area contributed by atoms with Crippen molar-refractivity contribution < 1.29 is 19.4 Å². The highest BCUT2D eigenvalue weighted by atomic mass is 79.9. The molecule has 46 heavy (non-hydrogen) atoms. The van der Waals surface area contributed by atoms with Gasteiger partial charge in [0, 0.05) is 52.2 Å². The number of unbranched alkanes of at least 4 members (excludes halogenated alkanes) is 1. The molecule has 0 bridgehead atoms. The van der Waals surface area contributed by atoms with Crippen LogP contribution in [0.1, 0.15) is 47.6 Å². The molecule has 5 rings (SSSR count). The number of aliphatic hydroxyl groups excluding tert-OH is 1. The molecule has 4 aromatic rings. The number of halogens is 1. The Morgan fingerprint density at radius 2 is 1.72 bits per heavy atom. The van der Waals surface area contributed by atoms with Crippen LogP contribution in [0.5, 0.6) is 5.75 Å². The topological polar surface area (TPSA) is 129 Å². The molecule has 1 heterocycles. The number of carbonyl (C=O) groups excluding carboxylic acids is 1. The Kier molecular flexibility index (Phi) is 11.5. The molecule has 0 aliphatic carbocycles. The second kappa shape index (κ2) is 16.1. The third kappa shape index (κ3) is 7.95. The zero-order valence-electron chi connectivity index (χ0n) is 25.4. The van der Waals surface area contributed by atoms with Gasteiger partial charge in [0.15, 0.2) is 11.6 Å². The molecule has 1 aliphatic heterocycles. The summed E-state index contributed by atoms with van der Waals surface area (Å²) in [6.07, 6.45) is 2.50. The van der Waals surface area contributed by atoms with E-state index in [0.717, 1.165) is 29.3 Å². The summed E-state index contributed by atoms with van der Waals surface area (Å²) in [7, 11) is 0. The lowest BCUT2D eigenvalue weighted by Crippen LogP contribution is -2.50. The standard InChI is InChI=1S/C36H36BrN5O4/c37-31-16-6-4-14-28(31)25-36(35(44)39-22-9-8-13-26-11-2-1-3-12-26)33(30-15-5-7-17-32(30)41-42-38)46-34(40-36)27-18-20-29(21-19-27)45-24-10-23-43/h1-7,11-12,14-21,33,43H,8-10,13,22-25H2,(H,39,44)/t33-,36-/m1/s1. The highest BCUT2D eigenvalue weighted by Gasteiger charge is 2.54. The highest BCUT2D eigenvalue weighted by molar-refractivity contribution is 9.10. The van der Waals surface area contributed by atoms with Gasteiger partial charge in [-0.25, -0.2) is 4.99 Å². The van der Waals surface area contributed by atoms with Crippen LogP contribution in [0.2, 0.25) is 0 Å². The van der Waals surface area contributed by atoms with E-state index in [9.17, 15) is 10.3 Å². The average Bonchev–Trinajstić information content (AvgIpc) is 3.47. The van der Waals surface area contributed by atoms with E-state index in [0.29, 0.717) is 48.0 Å². The number of nitrogens with one attached hydrogen (secondary N) is 1. The van der Waals surface area contributed by atoms with Crippen LogP contribution in [0.15, 0.2) is 118 Å². The van der Waals surface area contributed by atoms with Crippen LogP contribution < -0.4 is 10.1 Å². The smallest absolute Gasteiger partial charge is 0.252 e. The van der Waals surface area contributed by atoms with Crippen LogP contribution in [-0.4, -0.2) is 42.2 Å². The van der Waals surface area contributed by atoms with Crippen LogP contribution >= 0.6 is 15.9 Å². The fourth-order valence-corrected chi connectivity index (χ4v) is 5.92. The van der Waals surface area contributed by atoms with Crippen molar-refractivity contribution in [3.05, 3.63) is 140 Å². The van der Waals surface area contributed by atoms with Gasteiger partial charge in [0.25, 0.3) is 5.91 Å². The second-order valence-electron chi connectivity index (χ2n) is 11.0. The fourth-order valence-electron chi connectivity index (χ4n) is 5.49. The van der Waals surface area contributed by atoms with E-state index in [1.165, 1.54) is 5.56 Å². The third-order valence-corrected chi connectivity index (χ3v) is 8.61. The minimum Gasteiger partial charge on any atom is -0.494 e. The van der Waals surface area contributed by atoms with Crippen molar-refractivity contribution in [2.24, 2.45) is 10.1 Å². The minimum atomic E-state index is -1.42. The van der Waals surface area contributed by atoms with Gasteiger partial charge in [-0.15, -0.1) is 0 Å². The van der Waals surface area contributed by atoms with Gasteiger partial charge in [0.05, 0.1) is 6.61 Å². The Hall–Kier alpha value is -4.63. The average molecular weight is 683 g/mol. The molecule has 1 amide bonds. The number of carbonyl (C=O) groups is 1. The van der Waals surface area contributed by atoms with Gasteiger partial charge in [0.1, 0.15) is 5.75 Å². The summed E-state index contributed by atoms with van der Waals surface area (Å²) < 4.78 is 13.2. The maximum Gasteiger partial charge on any atom is 0.252 e. The summed E-state index contributed by atoms with van der Waals surface area (Å²) in [4.78, 5) is 22.6. The summed E-state index contributed by atoms with van der Waals surface area (Å²) in [6.45, 7) is 0.918. The lowest BCUT2D eigenvalue weighted by atomic mass is 9.81. The fraction of sp³-hybridized carbons (Fsp3) is 0.278. The van der Waals surface area contributed by atoms with Crippen LogP contribution in [-0.2, 0) is 22.4 Å². The van der Waals surface area contributed by atoms with Crippen LogP contribution in [0.4, 0.5) is 5.69 Å². The number of hydrogen-bond donors (Lipinski definition) is 2. The first kappa shape index (κ1) is 32.8. The normalized spacial score (nSPS) is 17.0. The van der Waals surface area contributed by atoms with Gasteiger partial charge in [-0.05, 0) is 66.3 Å². The van der Waals surface area contributed by atoms with Crippen molar-refractivity contribution in [1.29, 1.82) is 0 Å². The van der Waals surface area contributed by atoms with Crippen LogP contribution in [0, 0.1) is 0 Å². The molecule has 0 unspecified atom stereocenters. The SMILES string of the molecule is [N-]=[N+]=Nc1ccccc1[C@H]1OC(c2ccc(OCCCO)cc2)=N[C@@]1(Cc1ccccc1Br)C(=O)NCCCCc1ccccc1. The Bertz CT molecular complexity index is 1690. The van der Waals surface area contributed by atoms with E-state index in [1.54, 1.807) is 12.1 Å². The van der Waals surface area contributed by atoms with Gasteiger partial charge in [-0.2, -0.15) is 0 Å². The van der Waals surface area contributed by atoms with Gasteiger partial charge in [0.2, 0.25) is 5.90 Å². The summed E-state index contributed by atoms with van der Waals surface area (Å²) in [5.74, 6) is 0.672. The quantitative estimate of drug-likeness (QED) is 0.0574. The monoisotopic (exact) mass is 681 g/mol. The van der Waals surface area contributed by atoms with Crippen LogP contribution in [0.3, 0.4) is 0 Å². The molecule has 2 atom stereocenters. The maximum absolute atomic E-state index is 14.5. The molecule has 236 valence electrons. The van der Waals surface area contributed by atoms with E-state index in [-0.39, 0.29) is 18.9 Å². The molecule has 0 aromatic heterocycles. The third-order valence-electron chi connectivity index (χ3n) is 7.84. The second-order valence-corrected chi connectivity index (χ2v) is 11.9. The molecule has 0 saturated heterocycles. The number of amides is 1. The van der Waals surface area contributed by atoms with E-state index >= 15 is 0 Å². The van der Waals surface area contributed by atoms with E-state index < -0.39 is 11.6 Å². The lowest BCUT2D eigenvalue weighted by molar-refractivity contribution is -0.128. The molecule has 1 aliphatic rings. The number of rotatable bonds is 15. The molecular formula is C36H36BrN5O4. The number of aliphatic imine (C=N–C) groups is 1. The number of azide groups is 1.